The highest BCUT2D eigenvalue weighted by molar-refractivity contribution is 5.91. The number of pyridine rings is 1. The Kier molecular flexibility index (Phi) is 5.01. The van der Waals surface area contributed by atoms with Gasteiger partial charge in [0.25, 0.3) is 5.69 Å². The van der Waals surface area contributed by atoms with Crippen LogP contribution in [0.2, 0.25) is 0 Å². The van der Waals surface area contributed by atoms with E-state index in [9.17, 15) is 24.5 Å². The molecule has 3 aromatic heterocycles. The first-order chi connectivity index (χ1) is 16.4. The summed E-state index contributed by atoms with van der Waals surface area (Å²) >= 11 is 0. The molecule has 1 N–H and O–H groups in total. The van der Waals surface area contributed by atoms with Crippen molar-refractivity contribution in [2.75, 3.05) is 5.32 Å². The molecule has 0 radical (unpaired) electrons. The summed E-state index contributed by atoms with van der Waals surface area (Å²) < 4.78 is 8.90. The second kappa shape index (κ2) is 8.16. The van der Waals surface area contributed by atoms with E-state index in [1.165, 1.54) is 21.2 Å². The van der Waals surface area contributed by atoms with E-state index in [0.717, 1.165) is 16.2 Å². The maximum Gasteiger partial charge on any atom is 0.420 e. The normalized spacial score (nSPS) is 11.2. The third-order valence-corrected chi connectivity index (χ3v) is 5.20. The van der Waals surface area contributed by atoms with Crippen molar-refractivity contribution >= 4 is 34.0 Å². The first-order valence-electron chi connectivity index (χ1n) is 10.1. The number of non-ortho nitro benzene ring substituents is 1. The van der Waals surface area contributed by atoms with E-state index in [-0.39, 0.29) is 35.6 Å². The molecule has 12 heteroatoms. The van der Waals surface area contributed by atoms with Gasteiger partial charge in [0.2, 0.25) is 5.91 Å². The van der Waals surface area contributed by atoms with Crippen LogP contribution in [-0.4, -0.2) is 29.6 Å². The van der Waals surface area contributed by atoms with Gasteiger partial charge in [0, 0.05) is 18.0 Å². The molecule has 12 nitrogen and oxygen atoms in total. The second-order valence-corrected chi connectivity index (χ2v) is 7.48. The fourth-order valence-corrected chi connectivity index (χ4v) is 3.65. The van der Waals surface area contributed by atoms with E-state index >= 15 is 0 Å². The quantitative estimate of drug-likeness (QED) is 0.301. The number of nitro groups is 1. The lowest BCUT2D eigenvalue weighted by Gasteiger charge is -2.08. The number of nitrogens with one attached hydrogen (secondary N) is 1. The molecule has 0 spiro atoms. The molecule has 0 saturated heterocycles. The van der Waals surface area contributed by atoms with Gasteiger partial charge in [0.1, 0.15) is 6.54 Å². The number of carbonyl (C=O) groups is 1. The maximum absolute atomic E-state index is 12.6. The third kappa shape index (κ3) is 3.83. The summed E-state index contributed by atoms with van der Waals surface area (Å²) in [6.45, 7) is -0.144. The predicted octanol–water partition coefficient (Wildman–Crippen LogP) is 2.00. The van der Waals surface area contributed by atoms with Gasteiger partial charge in [-0.15, -0.1) is 5.10 Å². The first kappa shape index (κ1) is 20.9. The molecule has 0 atom stereocenters. The molecule has 5 rings (SSSR count). The van der Waals surface area contributed by atoms with Gasteiger partial charge in [0.05, 0.1) is 23.1 Å². The largest absolute Gasteiger partial charge is 0.420 e. The second-order valence-electron chi connectivity index (χ2n) is 7.48. The molecular weight excluding hydrogens is 444 g/mol. The average molecular weight is 460 g/mol. The van der Waals surface area contributed by atoms with Crippen LogP contribution >= 0.6 is 0 Å². The van der Waals surface area contributed by atoms with Crippen molar-refractivity contribution < 1.29 is 14.1 Å². The predicted molar refractivity (Wildman–Crippen MR) is 121 cm³/mol. The monoisotopic (exact) mass is 460 g/mol. The standard InChI is InChI=1S/C22H16N6O6/c29-20(13-26-17-8-7-16(28(32)33)11-18(17)34-22(26)31)23-15-5-3-4-14(10-15)12-27-21(30)25-9-2-1-6-19(25)24-27/h1-11H,12-13H2,(H,23,29). The highest BCUT2D eigenvalue weighted by Gasteiger charge is 2.16. The van der Waals surface area contributed by atoms with E-state index in [2.05, 4.69) is 10.4 Å². The van der Waals surface area contributed by atoms with E-state index in [1.54, 1.807) is 48.7 Å². The minimum Gasteiger partial charge on any atom is -0.407 e. The fraction of sp³-hybridized carbons (Fsp3) is 0.0909. The lowest BCUT2D eigenvalue weighted by molar-refractivity contribution is -0.384. The summed E-state index contributed by atoms with van der Waals surface area (Å²) in [5.74, 6) is -1.30. The van der Waals surface area contributed by atoms with Gasteiger partial charge in [-0.2, -0.15) is 0 Å². The van der Waals surface area contributed by atoms with Crippen molar-refractivity contribution in [3.63, 3.8) is 0 Å². The third-order valence-electron chi connectivity index (χ3n) is 5.20. The number of fused-ring (bicyclic) bond motifs is 2. The van der Waals surface area contributed by atoms with Crippen molar-refractivity contribution in [3.8, 4) is 0 Å². The molecule has 0 aliphatic rings. The molecule has 0 aliphatic heterocycles. The molecule has 34 heavy (non-hydrogen) atoms. The van der Waals surface area contributed by atoms with Crippen molar-refractivity contribution in [2.45, 2.75) is 13.1 Å². The number of aromatic nitrogens is 4. The Morgan fingerprint density at radius 2 is 1.94 bits per heavy atom. The molecule has 2 aromatic carbocycles. The Balaban J connectivity index is 1.34. The van der Waals surface area contributed by atoms with Crippen LogP contribution in [-0.2, 0) is 17.9 Å². The van der Waals surface area contributed by atoms with Crippen molar-refractivity contribution in [1.82, 2.24) is 18.7 Å². The maximum atomic E-state index is 12.6. The number of nitro benzene ring substituents is 1. The fourth-order valence-electron chi connectivity index (χ4n) is 3.65. The van der Waals surface area contributed by atoms with Crippen LogP contribution in [0.3, 0.4) is 0 Å². The SMILES string of the molecule is O=C(Cn1c(=O)oc2cc([N+](=O)[O-])ccc21)Nc1cccc(Cn2nc3ccccn3c2=O)c1. The van der Waals surface area contributed by atoms with Crippen LogP contribution in [0.25, 0.3) is 16.7 Å². The molecule has 170 valence electrons. The Morgan fingerprint density at radius 1 is 1.09 bits per heavy atom. The summed E-state index contributed by atoms with van der Waals surface area (Å²) in [6, 6.07) is 15.9. The van der Waals surface area contributed by atoms with Gasteiger partial charge < -0.3 is 9.73 Å². The first-order valence-corrected chi connectivity index (χ1v) is 10.1. The number of anilines is 1. The molecule has 1 amide bonds. The molecule has 0 aliphatic carbocycles. The van der Waals surface area contributed by atoms with E-state index in [1.807, 2.05) is 0 Å². The Bertz CT molecular complexity index is 1690. The Morgan fingerprint density at radius 3 is 2.74 bits per heavy atom. The lowest BCUT2D eigenvalue weighted by atomic mass is 10.2. The van der Waals surface area contributed by atoms with Crippen LogP contribution in [0.15, 0.2) is 80.9 Å². The number of amides is 1. The number of oxazole rings is 1. The number of nitrogens with zero attached hydrogens (tertiary/aromatic N) is 5. The number of carbonyl (C=O) groups excluding carboxylic acids is 1. The number of hydrogen-bond donors (Lipinski definition) is 1. The zero-order chi connectivity index (χ0) is 23.8. The van der Waals surface area contributed by atoms with Gasteiger partial charge in [-0.3, -0.25) is 23.9 Å². The van der Waals surface area contributed by atoms with Gasteiger partial charge in [-0.25, -0.2) is 14.3 Å². The highest BCUT2D eigenvalue weighted by Crippen LogP contribution is 2.20. The lowest BCUT2D eigenvalue weighted by Crippen LogP contribution is -2.25. The van der Waals surface area contributed by atoms with Crippen molar-refractivity contribution in [1.29, 1.82) is 0 Å². The van der Waals surface area contributed by atoms with Crippen LogP contribution in [0, 0.1) is 10.1 Å². The summed E-state index contributed by atoms with van der Waals surface area (Å²) in [6.07, 6.45) is 1.64. The van der Waals surface area contributed by atoms with Gasteiger partial charge in [-0.1, -0.05) is 18.2 Å². The van der Waals surface area contributed by atoms with Crippen molar-refractivity contribution in [3.05, 3.63) is 104 Å². The highest BCUT2D eigenvalue weighted by atomic mass is 16.6. The van der Waals surface area contributed by atoms with E-state index < -0.39 is 16.6 Å². The van der Waals surface area contributed by atoms with E-state index in [0.29, 0.717) is 11.3 Å². The number of hydrogen-bond acceptors (Lipinski definition) is 7. The molecule has 0 unspecified atom stereocenters. The minimum atomic E-state index is -0.800. The van der Waals surface area contributed by atoms with E-state index in [4.69, 9.17) is 4.42 Å². The molecule has 3 heterocycles. The van der Waals surface area contributed by atoms with Gasteiger partial charge >= 0.3 is 11.4 Å². The summed E-state index contributed by atoms with van der Waals surface area (Å²) in [4.78, 5) is 47.6. The molecular formula is C22H16N6O6. The zero-order valence-electron chi connectivity index (χ0n) is 17.5. The molecule has 0 bridgehead atoms. The Hall–Kier alpha value is -5.00. The minimum absolute atomic E-state index is 0.0203. The molecule has 0 fully saturated rings. The van der Waals surface area contributed by atoms with Crippen LogP contribution in [0.5, 0.6) is 0 Å². The van der Waals surface area contributed by atoms with Crippen LogP contribution in [0.4, 0.5) is 11.4 Å². The topological polar surface area (TPSA) is 147 Å². The number of benzene rings is 2. The summed E-state index contributed by atoms with van der Waals surface area (Å²) in [5, 5.41) is 17.9. The Labute approximate surface area is 189 Å². The van der Waals surface area contributed by atoms with Crippen LogP contribution in [0.1, 0.15) is 5.56 Å². The average Bonchev–Trinajstić information content (AvgIpc) is 3.29. The zero-order valence-corrected chi connectivity index (χ0v) is 17.5. The van der Waals surface area contributed by atoms with Gasteiger partial charge in [-0.05, 0) is 35.9 Å². The molecule has 0 saturated carbocycles. The molecule has 5 aromatic rings. The summed E-state index contributed by atoms with van der Waals surface area (Å²) in [5.41, 5.74) is 1.52. The van der Waals surface area contributed by atoms with Crippen molar-refractivity contribution in [2.24, 2.45) is 0 Å². The smallest absolute Gasteiger partial charge is 0.407 e. The number of rotatable bonds is 6. The van der Waals surface area contributed by atoms with Crippen LogP contribution < -0.4 is 16.8 Å². The summed E-state index contributed by atoms with van der Waals surface area (Å²) in [7, 11) is 0. The van der Waals surface area contributed by atoms with Gasteiger partial charge in [0.15, 0.2) is 11.2 Å².